The lowest BCUT2D eigenvalue weighted by Gasteiger charge is -2.23. The molecule has 28 heavy (non-hydrogen) atoms. The second-order valence-corrected chi connectivity index (χ2v) is 7.05. The number of para-hydroxylation sites is 2. The standard InChI is InChI=1S/C21H20N6O/c28-21(27-11-5-9-20(27)17-7-3-4-10-22-17)18-12-15(24-25-18)13-26-14-23-16-6-1-2-8-19(16)26/h1-4,6-8,10,12,14,20H,5,9,11,13H2,(H,24,25)/t20-/m0/s1. The minimum Gasteiger partial charge on any atom is -0.329 e. The van der Waals surface area contributed by atoms with Gasteiger partial charge in [0.1, 0.15) is 5.69 Å². The summed E-state index contributed by atoms with van der Waals surface area (Å²) in [6.45, 7) is 1.32. The number of nitrogens with one attached hydrogen (secondary N) is 1. The van der Waals surface area contributed by atoms with Crippen molar-refractivity contribution < 1.29 is 4.79 Å². The summed E-state index contributed by atoms with van der Waals surface area (Å²) in [5.41, 5.74) is 4.27. The molecule has 1 N–H and O–H groups in total. The summed E-state index contributed by atoms with van der Waals surface area (Å²) in [6.07, 6.45) is 5.50. The van der Waals surface area contributed by atoms with Gasteiger partial charge in [-0.3, -0.25) is 14.9 Å². The number of aromatic nitrogens is 5. The maximum Gasteiger partial charge on any atom is 0.274 e. The molecule has 7 nitrogen and oxygen atoms in total. The van der Waals surface area contributed by atoms with Crippen molar-refractivity contribution in [3.63, 3.8) is 0 Å². The molecule has 1 aliphatic rings. The topological polar surface area (TPSA) is 79.7 Å². The zero-order valence-corrected chi connectivity index (χ0v) is 15.3. The van der Waals surface area contributed by atoms with Gasteiger partial charge in [-0.15, -0.1) is 0 Å². The van der Waals surface area contributed by atoms with E-state index in [9.17, 15) is 4.79 Å². The Hall–Kier alpha value is -3.48. The van der Waals surface area contributed by atoms with E-state index < -0.39 is 0 Å². The Balaban J connectivity index is 1.36. The van der Waals surface area contributed by atoms with Crippen LogP contribution in [0.15, 0.2) is 61.1 Å². The molecule has 5 rings (SSSR count). The van der Waals surface area contributed by atoms with Gasteiger partial charge in [0.15, 0.2) is 0 Å². The molecule has 1 amide bonds. The first-order chi connectivity index (χ1) is 13.8. The number of imidazole rings is 1. The zero-order chi connectivity index (χ0) is 18.9. The molecular formula is C21H20N6O. The molecule has 1 fully saturated rings. The summed E-state index contributed by atoms with van der Waals surface area (Å²) >= 11 is 0. The summed E-state index contributed by atoms with van der Waals surface area (Å²) in [4.78, 5) is 23.8. The summed E-state index contributed by atoms with van der Waals surface area (Å²) < 4.78 is 2.05. The van der Waals surface area contributed by atoms with Crippen LogP contribution in [0.5, 0.6) is 0 Å². The molecule has 0 aliphatic carbocycles. The van der Waals surface area contributed by atoms with Crippen LogP contribution in [0.2, 0.25) is 0 Å². The quantitative estimate of drug-likeness (QED) is 0.597. The van der Waals surface area contributed by atoms with Crippen molar-refractivity contribution in [2.45, 2.75) is 25.4 Å². The van der Waals surface area contributed by atoms with Crippen LogP contribution in [0, 0.1) is 0 Å². The summed E-state index contributed by atoms with van der Waals surface area (Å²) in [5, 5.41) is 7.29. The minimum atomic E-state index is -0.0499. The Morgan fingerprint density at radius 2 is 2.04 bits per heavy atom. The van der Waals surface area contributed by atoms with E-state index in [1.165, 1.54) is 0 Å². The molecule has 1 saturated heterocycles. The van der Waals surface area contributed by atoms with E-state index in [-0.39, 0.29) is 11.9 Å². The highest BCUT2D eigenvalue weighted by molar-refractivity contribution is 5.92. The number of H-pyrrole nitrogens is 1. The number of likely N-dealkylation sites (tertiary alicyclic amines) is 1. The molecule has 0 bridgehead atoms. The number of hydrogen-bond donors (Lipinski definition) is 1. The van der Waals surface area contributed by atoms with Gasteiger partial charge in [-0.2, -0.15) is 5.10 Å². The van der Waals surface area contributed by atoms with Gasteiger partial charge in [0.2, 0.25) is 0 Å². The second-order valence-electron chi connectivity index (χ2n) is 7.05. The van der Waals surface area contributed by atoms with Crippen LogP contribution in [0.1, 0.15) is 40.8 Å². The number of amides is 1. The number of fused-ring (bicyclic) bond motifs is 1. The predicted octanol–water partition coefficient (Wildman–Crippen LogP) is 3.18. The zero-order valence-electron chi connectivity index (χ0n) is 15.3. The molecule has 0 radical (unpaired) electrons. The largest absolute Gasteiger partial charge is 0.329 e. The van der Waals surface area contributed by atoms with Crippen LogP contribution in [0.4, 0.5) is 0 Å². The fourth-order valence-corrected chi connectivity index (χ4v) is 3.91. The summed E-state index contributed by atoms with van der Waals surface area (Å²) in [6, 6.07) is 15.7. The number of pyridine rings is 1. The first-order valence-electron chi connectivity index (χ1n) is 9.45. The third kappa shape index (κ3) is 2.94. The Kier molecular flexibility index (Phi) is 4.12. The van der Waals surface area contributed by atoms with Crippen molar-refractivity contribution in [3.05, 3.63) is 78.1 Å². The lowest BCUT2D eigenvalue weighted by Crippen LogP contribution is -2.31. The molecule has 140 valence electrons. The van der Waals surface area contributed by atoms with Gasteiger partial charge in [0, 0.05) is 12.7 Å². The highest BCUT2D eigenvalue weighted by Gasteiger charge is 2.32. The smallest absolute Gasteiger partial charge is 0.274 e. The highest BCUT2D eigenvalue weighted by atomic mass is 16.2. The monoisotopic (exact) mass is 372 g/mol. The van der Waals surface area contributed by atoms with Crippen LogP contribution < -0.4 is 0 Å². The molecule has 7 heteroatoms. The molecule has 0 saturated carbocycles. The van der Waals surface area contributed by atoms with Crippen molar-refractivity contribution in [2.75, 3.05) is 6.54 Å². The first kappa shape index (κ1) is 16.7. The number of rotatable bonds is 4. The van der Waals surface area contributed by atoms with Crippen molar-refractivity contribution >= 4 is 16.9 Å². The highest BCUT2D eigenvalue weighted by Crippen LogP contribution is 2.31. The number of benzene rings is 1. The SMILES string of the molecule is O=C(c1cc(Cn2cnc3ccccc32)[nH]n1)N1CCC[C@H]1c1ccccn1. The van der Waals surface area contributed by atoms with Gasteiger partial charge >= 0.3 is 0 Å². The molecule has 1 atom stereocenters. The fourth-order valence-electron chi connectivity index (χ4n) is 3.91. The van der Waals surface area contributed by atoms with Gasteiger partial charge in [-0.1, -0.05) is 18.2 Å². The molecular weight excluding hydrogens is 352 g/mol. The molecule has 3 aromatic heterocycles. The van der Waals surface area contributed by atoms with Crippen LogP contribution in [0.25, 0.3) is 11.0 Å². The molecule has 4 heterocycles. The van der Waals surface area contributed by atoms with Crippen molar-refractivity contribution in [1.82, 2.24) is 29.6 Å². The predicted molar refractivity (Wildman–Crippen MR) is 105 cm³/mol. The van der Waals surface area contributed by atoms with E-state index in [1.807, 2.05) is 64.3 Å². The number of aromatic amines is 1. The number of hydrogen-bond acceptors (Lipinski definition) is 4. The van der Waals surface area contributed by atoms with E-state index in [4.69, 9.17) is 0 Å². The van der Waals surface area contributed by atoms with Crippen molar-refractivity contribution in [1.29, 1.82) is 0 Å². The van der Waals surface area contributed by atoms with Crippen LogP contribution in [-0.2, 0) is 6.54 Å². The van der Waals surface area contributed by atoms with E-state index in [2.05, 4.69) is 20.2 Å². The molecule has 0 unspecified atom stereocenters. The van der Waals surface area contributed by atoms with E-state index >= 15 is 0 Å². The Bertz CT molecular complexity index is 1120. The number of carbonyl (C=O) groups excluding carboxylic acids is 1. The Labute approximate surface area is 162 Å². The lowest BCUT2D eigenvalue weighted by atomic mass is 10.1. The summed E-state index contributed by atoms with van der Waals surface area (Å²) in [5.74, 6) is -0.0499. The van der Waals surface area contributed by atoms with Crippen LogP contribution in [-0.4, -0.2) is 42.1 Å². The van der Waals surface area contributed by atoms with E-state index in [0.717, 1.165) is 41.8 Å². The first-order valence-corrected chi connectivity index (χ1v) is 9.45. The minimum absolute atomic E-state index is 0.0199. The average molecular weight is 372 g/mol. The van der Waals surface area contributed by atoms with Gasteiger partial charge in [0.05, 0.1) is 41.3 Å². The average Bonchev–Trinajstić information content (AvgIpc) is 3.49. The van der Waals surface area contributed by atoms with Gasteiger partial charge < -0.3 is 9.47 Å². The molecule has 4 aromatic rings. The van der Waals surface area contributed by atoms with Crippen LogP contribution in [0.3, 0.4) is 0 Å². The Morgan fingerprint density at radius 1 is 1.14 bits per heavy atom. The van der Waals surface area contributed by atoms with Crippen LogP contribution >= 0.6 is 0 Å². The van der Waals surface area contributed by atoms with E-state index in [1.54, 1.807) is 6.20 Å². The van der Waals surface area contributed by atoms with Gasteiger partial charge in [-0.25, -0.2) is 4.98 Å². The molecule has 1 aromatic carbocycles. The second kappa shape index (κ2) is 6.92. The third-order valence-electron chi connectivity index (χ3n) is 5.26. The lowest BCUT2D eigenvalue weighted by molar-refractivity contribution is 0.0727. The molecule has 1 aliphatic heterocycles. The maximum absolute atomic E-state index is 13.1. The van der Waals surface area contributed by atoms with Gasteiger partial charge in [-0.05, 0) is 43.2 Å². The maximum atomic E-state index is 13.1. The van der Waals surface area contributed by atoms with E-state index in [0.29, 0.717) is 12.2 Å². The molecule has 0 spiro atoms. The summed E-state index contributed by atoms with van der Waals surface area (Å²) in [7, 11) is 0. The van der Waals surface area contributed by atoms with Crippen molar-refractivity contribution in [2.24, 2.45) is 0 Å². The van der Waals surface area contributed by atoms with Gasteiger partial charge in [0.25, 0.3) is 5.91 Å². The number of carbonyl (C=O) groups is 1. The third-order valence-corrected chi connectivity index (χ3v) is 5.26. The fraction of sp³-hybridized carbons (Fsp3) is 0.238. The van der Waals surface area contributed by atoms with Crippen molar-refractivity contribution in [3.8, 4) is 0 Å². The number of nitrogens with zero attached hydrogens (tertiary/aromatic N) is 5. The Morgan fingerprint density at radius 3 is 2.93 bits per heavy atom. The normalized spacial score (nSPS) is 16.7.